The normalized spacial score (nSPS) is 18.2. The van der Waals surface area contributed by atoms with E-state index in [0.717, 1.165) is 35.8 Å². The summed E-state index contributed by atoms with van der Waals surface area (Å²) in [5.41, 5.74) is 0.973. The zero-order chi connectivity index (χ0) is 13.9. The molecule has 1 aliphatic rings. The van der Waals surface area contributed by atoms with Crippen molar-refractivity contribution in [3.63, 3.8) is 0 Å². The van der Waals surface area contributed by atoms with Crippen molar-refractivity contribution in [2.45, 2.75) is 32.2 Å². The summed E-state index contributed by atoms with van der Waals surface area (Å²) in [6.07, 6.45) is 7.66. The lowest BCUT2D eigenvalue weighted by atomic mass is 10.0. The molecule has 2 heterocycles. The number of thiazole rings is 1. The lowest BCUT2D eigenvalue weighted by molar-refractivity contribution is 0.642. The highest BCUT2D eigenvalue weighted by atomic mass is 35.5. The van der Waals surface area contributed by atoms with Gasteiger partial charge in [-0.3, -0.25) is 0 Å². The minimum absolute atomic E-state index is 0.414. The number of hydrogen-bond donors (Lipinski definition) is 1. The molecule has 3 rings (SSSR count). The molecule has 0 aliphatic heterocycles. The Balaban J connectivity index is 1.84. The molecule has 0 radical (unpaired) electrons. The van der Waals surface area contributed by atoms with E-state index in [9.17, 15) is 0 Å². The molecule has 0 saturated carbocycles. The van der Waals surface area contributed by atoms with Crippen LogP contribution in [0.1, 0.15) is 25.0 Å². The number of rotatable bonds is 3. The first-order valence-electron chi connectivity index (χ1n) is 6.59. The number of anilines is 1. The van der Waals surface area contributed by atoms with Crippen LogP contribution >= 0.6 is 22.9 Å². The van der Waals surface area contributed by atoms with Crippen LogP contribution in [0.2, 0.25) is 5.15 Å². The topological polar surface area (TPSA) is 50.7 Å². The van der Waals surface area contributed by atoms with Gasteiger partial charge in [0.1, 0.15) is 11.0 Å². The van der Waals surface area contributed by atoms with E-state index < -0.39 is 0 Å². The van der Waals surface area contributed by atoms with Crippen molar-refractivity contribution < 1.29 is 0 Å². The SMILES string of the molecule is Cc1csc(-c2nc(Cl)cc(NC3CC=CCC3)n2)n1. The van der Waals surface area contributed by atoms with Gasteiger partial charge in [0.2, 0.25) is 0 Å². The summed E-state index contributed by atoms with van der Waals surface area (Å²) in [6, 6.07) is 2.18. The molecular formula is C14H15ClN4S. The molecule has 0 fully saturated rings. The van der Waals surface area contributed by atoms with Gasteiger partial charge in [-0.25, -0.2) is 15.0 Å². The van der Waals surface area contributed by atoms with Gasteiger partial charge in [0, 0.05) is 23.2 Å². The molecule has 2 aromatic rings. The van der Waals surface area contributed by atoms with Gasteiger partial charge >= 0.3 is 0 Å². The van der Waals surface area contributed by atoms with Crippen molar-refractivity contribution in [3.05, 3.63) is 34.4 Å². The van der Waals surface area contributed by atoms with Crippen LogP contribution in [-0.2, 0) is 0 Å². The molecule has 4 nitrogen and oxygen atoms in total. The third-order valence-corrected chi connectivity index (χ3v) is 4.28. The van der Waals surface area contributed by atoms with E-state index in [2.05, 4.69) is 32.4 Å². The third-order valence-electron chi connectivity index (χ3n) is 3.13. The summed E-state index contributed by atoms with van der Waals surface area (Å²) in [6.45, 7) is 1.96. The second kappa shape index (κ2) is 5.89. The van der Waals surface area contributed by atoms with Crippen molar-refractivity contribution in [3.8, 4) is 10.8 Å². The van der Waals surface area contributed by atoms with Gasteiger partial charge in [0.25, 0.3) is 0 Å². The molecule has 0 spiro atoms. The Morgan fingerprint density at radius 1 is 1.30 bits per heavy atom. The van der Waals surface area contributed by atoms with E-state index in [4.69, 9.17) is 11.6 Å². The first-order chi connectivity index (χ1) is 9.70. The van der Waals surface area contributed by atoms with Crippen molar-refractivity contribution in [2.75, 3.05) is 5.32 Å². The van der Waals surface area contributed by atoms with E-state index in [0.29, 0.717) is 17.0 Å². The molecule has 2 aromatic heterocycles. The zero-order valence-corrected chi connectivity index (χ0v) is 12.7. The molecule has 0 bridgehead atoms. The van der Waals surface area contributed by atoms with Crippen LogP contribution in [0, 0.1) is 6.92 Å². The first kappa shape index (κ1) is 13.5. The van der Waals surface area contributed by atoms with Crippen LogP contribution < -0.4 is 5.32 Å². The van der Waals surface area contributed by atoms with E-state index in [1.165, 1.54) is 11.3 Å². The first-order valence-corrected chi connectivity index (χ1v) is 7.85. The van der Waals surface area contributed by atoms with Crippen LogP contribution in [0.3, 0.4) is 0 Å². The van der Waals surface area contributed by atoms with E-state index in [-0.39, 0.29) is 0 Å². The lowest BCUT2D eigenvalue weighted by Gasteiger charge is -2.20. The smallest absolute Gasteiger partial charge is 0.192 e. The Hall–Kier alpha value is -1.46. The maximum Gasteiger partial charge on any atom is 0.192 e. The highest BCUT2D eigenvalue weighted by molar-refractivity contribution is 7.13. The van der Waals surface area contributed by atoms with Crippen molar-refractivity contribution in [2.24, 2.45) is 0 Å². The number of halogens is 1. The Bertz CT molecular complexity index is 638. The molecule has 0 aromatic carbocycles. The fourth-order valence-electron chi connectivity index (χ4n) is 2.18. The highest BCUT2D eigenvalue weighted by Gasteiger charge is 2.13. The van der Waals surface area contributed by atoms with Crippen LogP contribution in [-0.4, -0.2) is 21.0 Å². The number of nitrogens with one attached hydrogen (secondary N) is 1. The molecule has 1 aliphatic carbocycles. The van der Waals surface area contributed by atoms with Gasteiger partial charge in [-0.2, -0.15) is 0 Å². The fourth-order valence-corrected chi connectivity index (χ4v) is 3.09. The lowest BCUT2D eigenvalue weighted by Crippen LogP contribution is -2.21. The van der Waals surface area contributed by atoms with Crippen molar-refractivity contribution in [1.82, 2.24) is 15.0 Å². The molecule has 1 N–H and O–H groups in total. The van der Waals surface area contributed by atoms with Crippen LogP contribution in [0.5, 0.6) is 0 Å². The molecular weight excluding hydrogens is 292 g/mol. The Labute approximate surface area is 127 Å². The highest BCUT2D eigenvalue weighted by Crippen LogP contribution is 2.24. The molecule has 0 amide bonds. The van der Waals surface area contributed by atoms with Gasteiger partial charge in [0.15, 0.2) is 10.8 Å². The van der Waals surface area contributed by atoms with Gasteiger partial charge in [-0.1, -0.05) is 23.8 Å². The number of aryl methyl sites for hydroxylation is 1. The summed E-state index contributed by atoms with van der Waals surface area (Å²) < 4.78 is 0. The van der Waals surface area contributed by atoms with Gasteiger partial charge in [-0.05, 0) is 26.2 Å². The fraction of sp³-hybridized carbons (Fsp3) is 0.357. The number of nitrogens with zero attached hydrogens (tertiary/aromatic N) is 3. The van der Waals surface area contributed by atoms with Gasteiger partial charge < -0.3 is 5.32 Å². The standard InChI is InChI=1S/C14H15ClN4S/c1-9-8-20-14(16-9)13-18-11(15)7-12(19-13)17-10-5-3-2-4-6-10/h2-3,7-8,10H,4-6H2,1H3,(H,17,18,19). The molecule has 20 heavy (non-hydrogen) atoms. The quantitative estimate of drug-likeness (QED) is 0.685. The van der Waals surface area contributed by atoms with Crippen LogP contribution in [0.4, 0.5) is 5.82 Å². The van der Waals surface area contributed by atoms with Gasteiger partial charge in [-0.15, -0.1) is 11.3 Å². The maximum atomic E-state index is 6.10. The minimum Gasteiger partial charge on any atom is -0.367 e. The van der Waals surface area contributed by atoms with E-state index in [1.807, 2.05) is 12.3 Å². The van der Waals surface area contributed by atoms with E-state index in [1.54, 1.807) is 6.07 Å². The molecule has 1 atom stereocenters. The summed E-state index contributed by atoms with van der Waals surface area (Å²) >= 11 is 7.63. The average molecular weight is 307 g/mol. The summed E-state index contributed by atoms with van der Waals surface area (Å²) in [5, 5.41) is 6.66. The van der Waals surface area contributed by atoms with Crippen molar-refractivity contribution >= 4 is 28.8 Å². The second-order valence-corrected chi connectivity index (χ2v) is 6.06. The van der Waals surface area contributed by atoms with Crippen LogP contribution in [0.15, 0.2) is 23.6 Å². The summed E-state index contributed by atoms with van der Waals surface area (Å²) in [5.74, 6) is 1.36. The monoisotopic (exact) mass is 306 g/mol. The zero-order valence-electron chi connectivity index (χ0n) is 11.1. The van der Waals surface area contributed by atoms with Gasteiger partial charge in [0.05, 0.1) is 0 Å². The Morgan fingerprint density at radius 3 is 2.90 bits per heavy atom. The molecule has 104 valence electrons. The number of allylic oxidation sites excluding steroid dienone is 1. The maximum absolute atomic E-state index is 6.10. The Morgan fingerprint density at radius 2 is 2.20 bits per heavy atom. The molecule has 1 unspecified atom stereocenters. The van der Waals surface area contributed by atoms with E-state index >= 15 is 0 Å². The van der Waals surface area contributed by atoms with Crippen molar-refractivity contribution in [1.29, 1.82) is 0 Å². The minimum atomic E-state index is 0.414. The summed E-state index contributed by atoms with van der Waals surface area (Å²) in [7, 11) is 0. The predicted octanol–water partition coefficient (Wildman–Crippen LogP) is 4.08. The molecule has 0 saturated heterocycles. The predicted molar refractivity (Wildman–Crippen MR) is 83.3 cm³/mol. The average Bonchev–Trinajstić information content (AvgIpc) is 2.86. The number of hydrogen-bond acceptors (Lipinski definition) is 5. The largest absolute Gasteiger partial charge is 0.367 e. The third kappa shape index (κ3) is 3.16. The summed E-state index contributed by atoms with van der Waals surface area (Å²) in [4.78, 5) is 13.2. The Kier molecular flexibility index (Phi) is 3.98. The second-order valence-electron chi connectivity index (χ2n) is 4.82. The molecule has 6 heteroatoms. The van der Waals surface area contributed by atoms with Crippen LogP contribution in [0.25, 0.3) is 10.8 Å². The number of aromatic nitrogens is 3.